The van der Waals surface area contributed by atoms with Crippen molar-refractivity contribution in [3.05, 3.63) is 30.2 Å². The molecule has 20 heavy (non-hydrogen) atoms. The van der Waals surface area contributed by atoms with E-state index in [4.69, 9.17) is 9.15 Å². The molecule has 2 N–H and O–H groups in total. The van der Waals surface area contributed by atoms with E-state index in [1.165, 1.54) is 0 Å². The van der Waals surface area contributed by atoms with Crippen LogP contribution in [0, 0.1) is 0 Å². The Bertz CT molecular complexity index is 570. The van der Waals surface area contributed by atoms with Gasteiger partial charge >= 0.3 is 0 Å². The summed E-state index contributed by atoms with van der Waals surface area (Å²) in [5.41, 5.74) is 1.03. The maximum absolute atomic E-state index is 12.1. The number of H-pyrrole nitrogens is 1. The molecule has 6 nitrogen and oxygen atoms in total. The molecule has 0 unspecified atom stereocenters. The van der Waals surface area contributed by atoms with Crippen LogP contribution in [0.1, 0.15) is 30.3 Å². The monoisotopic (exact) mass is 275 g/mol. The number of rotatable bonds is 4. The Balaban J connectivity index is 1.65. The van der Waals surface area contributed by atoms with E-state index in [2.05, 4.69) is 15.5 Å². The highest BCUT2D eigenvalue weighted by atomic mass is 16.5. The first-order valence-corrected chi connectivity index (χ1v) is 6.76. The Morgan fingerprint density at radius 2 is 2.50 bits per heavy atom. The third kappa shape index (κ3) is 2.60. The summed E-state index contributed by atoms with van der Waals surface area (Å²) in [6.45, 7) is 2.73. The first-order chi connectivity index (χ1) is 9.74. The number of aromatic amines is 1. The van der Waals surface area contributed by atoms with E-state index >= 15 is 0 Å². The summed E-state index contributed by atoms with van der Waals surface area (Å²) in [5.74, 6) is 0.450. The normalized spacial score (nSPS) is 19.9. The standard InChI is InChI=1S/C14H17N3O3/c1-9(12-4-2-6-19-12)15-14(18)11-8-10(16-17-11)13-5-3-7-20-13/h3,5,7-9,12H,2,4,6H2,1H3,(H,15,18)(H,16,17)/t9-,12+/m0/s1. The van der Waals surface area contributed by atoms with Crippen molar-refractivity contribution in [3.8, 4) is 11.5 Å². The number of nitrogens with one attached hydrogen (secondary N) is 2. The summed E-state index contributed by atoms with van der Waals surface area (Å²) in [6.07, 6.45) is 3.72. The summed E-state index contributed by atoms with van der Waals surface area (Å²) < 4.78 is 10.8. The largest absolute Gasteiger partial charge is 0.463 e. The fraction of sp³-hybridized carbons (Fsp3) is 0.429. The predicted molar refractivity (Wildman–Crippen MR) is 72.2 cm³/mol. The smallest absolute Gasteiger partial charge is 0.272 e. The summed E-state index contributed by atoms with van der Waals surface area (Å²) in [5, 5.41) is 9.73. The van der Waals surface area contributed by atoms with Gasteiger partial charge in [-0.05, 0) is 31.9 Å². The number of hydrogen-bond acceptors (Lipinski definition) is 4. The van der Waals surface area contributed by atoms with Crippen molar-refractivity contribution >= 4 is 5.91 Å². The Hall–Kier alpha value is -2.08. The van der Waals surface area contributed by atoms with Crippen molar-refractivity contribution in [1.82, 2.24) is 15.5 Å². The third-order valence-electron chi connectivity index (χ3n) is 3.48. The van der Waals surface area contributed by atoms with Gasteiger partial charge in [0.1, 0.15) is 5.69 Å². The highest BCUT2D eigenvalue weighted by Crippen LogP contribution is 2.18. The number of hydrogen-bond donors (Lipinski definition) is 2. The Labute approximate surface area is 116 Å². The lowest BCUT2D eigenvalue weighted by atomic mass is 10.1. The van der Waals surface area contributed by atoms with Crippen LogP contribution in [0.2, 0.25) is 0 Å². The van der Waals surface area contributed by atoms with Gasteiger partial charge in [0.2, 0.25) is 0 Å². The lowest BCUT2D eigenvalue weighted by Crippen LogP contribution is -2.40. The maximum atomic E-state index is 12.1. The van der Waals surface area contributed by atoms with Gasteiger partial charge in [-0.3, -0.25) is 9.89 Å². The average Bonchev–Trinajstić information content (AvgIpc) is 3.19. The van der Waals surface area contributed by atoms with E-state index in [0.717, 1.165) is 19.4 Å². The van der Waals surface area contributed by atoms with Crippen LogP contribution in [0.5, 0.6) is 0 Å². The molecule has 1 fully saturated rings. The topological polar surface area (TPSA) is 80.2 Å². The number of ether oxygens (including phenoxy) is 1. The number of aromatic nitrogens is 2. The second-order valence-corrected chi connectivity index (χ2v) is 4.96. The predicted octanol–water partition coefficient (Wildman–Crippen LogP) is 1.97. The van der Waals surface area contributed by atoms with Gasteiger partial charge in [-0.2, -0.15) is 5.10 Å². The minimum absolute atomic E-state index is 0.0197. The summed E-state index contributed by atoms with van der Waals surface area (Å²) in [7, 11) is 0. The molecular formula is C14H17N3O3. The second kappa shape index (κ2) is 5.50. The Kier molecular flexibility index (Phi) is 3.56. The molecule has 0 spiro atoms. The first kappa shape index (κ1) is 12.9. The Morgan fingerprint density at radius 3 is 3.20 bits per heavy atom. The zero-order chi connectivity index (χ0) is 13.9. The summed E-state index contributed by atoms with van der Waals surface area (Å²) in [6, 6.07) is 5.25. The fourth-order valence-corrected chi connectivity index (χ4v) is 2.37. The van der Waals surface area contributed by atoms with Crippen LogP contribution < -0.4 is 5.32 Å². The number of carbonyl (C=O) groups excluding carboxylic acids is 1. The van der Waals surface area contributed by atoms with Crippen molar-refractivity contribution in [2.75, 3.05) is 6.61 Å². The minimum Gasteiger partial charge on any atom is -0.463 e. The van der Waals surface area contributed by atoms with Crippen molar-refractivity contribution in [2.24, 2.45) is 0 Å². The molecule has 1 saturated heterocycles. The molecule has 1 aliphatic heterocycles. The quantitative estimate of drug-likeness (QED) is 0.894. The SMILES string of the molecule is C[C@H](NC(=O)c1cc(-c2ccco2)[nH]n1)[C@H]1CCCO1. The molecule has 106 valence electrons. The second-order valence-electron chi connectivity index (χ2n) is 4.96. The van der Waals surface area contributed by atoms with Crippen LogP contribution >= 0.6 is 0 Å². The van der Waals surface area contributed by atoms with E-state index < -0.39 is 0 Å². The summed E-state index contributed by atoms with van der Waals surface area (Å²) in [4.78, 5) is 12.1. The average molecular weight is 275 g/mol. The molecule has 2 aromatic heterocycles. The molecular weight excluding hydrogens is 258 g/mol. The molecule has 0 saturated carbocycles. The van der Waals surface area contributed by atoms with Crippen LogP contribution in [-0.4, -0.2) is 34.9 Å². The number of amides is 1. The van der Waals surface area contributed by atoms with Gasteiger partial charge in [0.15, 0.2) is 11.5 Å². The Morgan fingerprint density at radius 1 is 1.60 bits per heavy atom. The molecule has 1 aliphatic rings. The molecule has 1 amide bonds. The van der Waals surface area contributed by atoms with Gasteiger partial charge < -0.3 is 14.5 Å². The van der Waals surface area contributed by atoms with Gasteiger partial charge in [-0.25, -0.2) is 0 Å². The van der Waals surface area contributed by atoms with E-state index in [0.29, 0.717) is 17.1 Å². The lowest BCUT2D eigenvalue weighted by Gasteiger charge is -2.19. The van der Waals surface area contributed by atoms with Crippen LogP contribution in [0.4, 0.5) is 0 Å². The van der Waals surface area contributed by atoms with Crippen LogP contribution in [-0.2, 0) is 4.74 Å². The third-order valence-corrected chi connectivity index (χ3v) is 3.48. The highest BCUT2D eigenvalue weighted by Gasteiger charge is 2.24. The van der Waals surface area contributed by atoms with Gasteiger partial charge in [0, 0.05) is 12.7 Å². The van der Waals surface area contributed by atoms with E-state index in [9.17, 15) is 4.79 Å². The van der Waals surface area contributed by atoms with Crippen LogP contribution in [0.3, 0.4) is 0 Å². The van der Waals surface area contributed by atoms with Gasteiger partial charge in [-0.1, -0.05) is 0 Å². The first-order valence-electron chi connectivity index (χ1n) is 6.76. The number of furan rings is 1. The molecule has 0 bridgehead atoms. The van der Waals surface area contributed by atoms with Crippen LogP contribution in [0.25, 0.3) is 11.5 Å². The minimum atomic E-state index is -0.206. The van der Waals surface area contributed by atoms with Crippen LogP contribution in [0.15, 0.2) is 28.9 Å². The molecule has 2 aromatic rings. The van der Waals surface area contributed by atoms with Crippen molar-refractivity contribution in [3.63, 3.8) is 0 Å². The van der Waals surface area contributed by atoms with Gasteiger partial charge in [0.05, 0.1) is 18.4 Å². The molecule has 0 aliphatic carbocycles. The van der Waals surface area contributed by atoms with E-state index in [1.54, 1.807) is 18.4 Å². The zero-order valence-electron chi connectivity index (χ0n) is 11.3. The lowest BCUT2D eigenvalue weighted by molar-refractivity contribution is 0.0709. The number of carbonyl (C=O) groups is 1. The summed E-state index contributed by atoms with van der Waals surface area (Å²) >= 11 is 0. The van der Waals surface area contributed by atoms with E-state index in [1.807, 2.05) is 13.0 Å². The molecule has 6 heteroatoms. The van der Waals surface area contributed by atoms with E-state index in [-0.39, 0.29) is 18.1 Å². The molecule has 2 atom stereocenters. The highest BCUT2D eigenvalue weighted by molar-refractivity contribution is 5.93. The van der Waals surface area contributed by atoms with Crippen molar-refractivity contribution in [2.45, 2.75) is 31.9 Å². The van der Waals surface area contributed by atoms with Crippen molar-refractivity contribution < 1.29 is 13.9 Å². The molecule has 3 heterocycles. The molecule has 3 rings (SSSR count). The number of nitrogens with zero attached hydrogens (tertiary/aromatic N) is 1. The molecule has 0 radical (unpaired) electrons. The molecule has 0 aromatic carbocycles. The van der Waals surface area contributed by atoms with Crippen molar-refractivity contribution in [1.29, 1.82) is 0 Å². The zero-order valence-corrected chi connectivity index (χ0v) is 11.3. The van der Waals surface area contributed by atoms with Gasteiger partial charge in [-0.15, -0.1) is 0 Å². The van der Waals surface area contributed by atoms with Gasteiger partial charge in [0.25, 0.3) is 5.91 Å². The maximum Gasteiger partial charge on any atom is 0.272 e. The fourth-order valence-electron chi connectivity index (χ4n) is 2.37.